The van der Waals surface area contributed by atoms with Gasteiger partial charge in [-0.15, -0.1) is 0 Å². The maximum Gasteiger partial charge on any atom is 0.253 e. The van der Waals surface area contributed by atoms with Crippen LogP contribution in [0.2, 0.25) is 0 Å². The van der Waals surface area contributed by atoms with Crippen molar-refractivity contribution in [3.8, 4) is 5.75 Å². The molecule has 1 aliphatic carbocycles. The minimum atomic E-state index is -0.453. The lowest BCUT2D eigenvalue weighted by Gasteiger charge is -2.22. The van der Waals surface area contributed by atoms with Crippen LogP contribution in [-0.2, 0) is 6.54 Å². The highest BCUT2D eigenvalue weighted by molar-refractivity contribution is 6.07. The summed E-state index contributed by atoms with van der Waals surface area (Å²) in [7, 11) is 1.48. The summed E-state index contributed by atoms with van der Waals surface area (Å²) in [4.78, 5) is 12.9. The number of fused-ring (bicyclic) bond motifs is 1. The van der Waals surface area contributed by atoms with Gasteiger partial charge in [0, 0.05) is 29.3 Å². The number of amides is 1. The molecule has 0 radical (unpaired) electrons. The highest BCUT2D eigenvalue weighted by Gasteiger charge is 2.22. The normalized spacial score (nSPS) is 14.9. The highest BCUT2D eigenvalue weighted by Crippen LogP contribution is 2.27. The van der Waals surface area contributed by atoms with Crippen molar-refractivity contribution in [1.82, 2.24) is 9.88 Å². The molecule has 29 heavy (non-hydrogen) atoms. The van der Waals surface area contributed by atoms with E-state index in [-0.39, 0.29) is 29.4 Å². The lowest BCUT2D eigenvalue weighted by Crippen LogP contribution is -2.36. The molecular formula is C23H24F2N2O2. The number of hydrogen-bond acceptors (Lipinski definition) is 2. The summed E-state index contributed by atoms with van der Waals surface area (Å²) in [6.45, 7) is 0.187. The fourth-order valence-electron chi connectivity index (χ4n) is 4.09. The van der Waals surface area contributed by atoms with Crippen molar-refractivity contribution in [1.29, 1.82) is 0 Å². The first-order valence-corrected chi connectivity index (χ1v) is 9.97. The Morgan fingerprint density at radius 2 is 1.93 bits per heavy atom. The molecule has 1 N–H and O–H groups in total. The number of aromatic nitrogens is 1. The lowest BCUT2D eigenvalue weighted by atomic mass is 9.95. The average Bonchev–Trinajstić information content (AvgIpc) is 3.10. The number of hydrogen-bond donors (Lipinski definition) is 1. The quantitative estimate of drug-likeness (QED) is 0.654. The van der Waals surface area contributed by atoms with Crippen LogP contribution in [0.25, 0.3) is 10.9 Å². The van der Waals surface area contributed by atoms with Crippen molar-refractivity contribution < 1.29 is 18.3 Å². The zero-order valence-corrected chi connectivity index (χ0v) is 16.4. The zero-order chi connectivity index (χ0) is 20.4. The summed E-state index contributed by atoms with van der Waals surface area (Å²) in [5.74, 6) is -0.704. The van der Waals surface area contributed by atoms with E-state index in [1.165, 1.54) is 25.7 Å². The van der Waals surface area contributed by atoms with Gasteiger partial charge in [-0.2, -0.15) is 0 Å². The SMILES string of the molecule is COc1ccc(Cn2cc(C(=O)NC3CCCCC3)c3c(F)cccc32)c(F)c1. The summed E-state index contributed by atoms with van der Waals surface area (Å²) < 4.78 is 35.8. The van der Waals surface area contributed by atoms with Crippen LogP contribution in [0.15, 0.2) is 42.6 Å². The Hall–Kier alpha value is -2.89. The molecule has 0 unspecified atom stereocenters. The Bertz CT molecular complexity index is 1040. The van der Waals surface area contributed by atoms with E-state index < -0.39 is 11.6 Å². The van der Waals surface area contributed by atoms with E-state index in [4.69, 9.17) is 4.74 Å². The van der Waals surface area contributed by atoms with E-state index in [1.54, 1.807) is 35.0 Å². The highest BCUT2D eigenvalue weighted by atomic mass is 19.1. The number of carbonyl (C=O) groups excluding carboxylic acids is 1. The number of nitrogens with zero attached hydrogens (tertiary/aromatic N) is 1. The lowest BCUT2D eigenvalue weighted by molar-refractivity contribution is 0.0929. The summed E-state index contributed by atoms with van der Waals surface area (Å²) in [6.07, 6.45) is 6.90. The number of rotatable bonds is 5. The molecule has 1 amide bonds. The van der Waals surface area contributed by atoms with Crippen molar-refractivity contribution in [3.63, 3.8) is 0 Å². The van der Waals surface area contributed by atoms with Crippen molar-refractivity contribution in [2.45, 2.75) is 44.7 Å². The van der Waals surface area contributed by atoms with Gasteiger partial charge in [-0.1, -0.05) is 31.4 Å². The fourth-order valence-corrected chi connectivity index (χ4v) is 4.09. The van der Waals surface area contributed by atoms with Crippen LogP contribution in [-0.4, -0.2) is 23.6 Å². The average molecular weight is 398 g/mol. The topological polar surface area (TPSA) is 43.3 Å². The number of ether oxygens (including phenoxy) is 1. The van der Waals surface area contributed by atoms with E-state index in [0.29, 0.717) is 16.8 Å². The molecule has 4 nitrogen and oxygen atoms in total. The van der Waals surface area contributed by atoms with Crippen molar-refractivity contribution in [2.24, 2.45) is 0 Å². The second-order valence-electron chi connectivity index (χ2n) is 7.57. The molecular weight excluding hydrogens is 374 g/mol. The Morgan fingerprint density at radius 3 is 2.66 bits per heavy atom. The fraction of sp³-hybridized carbons (Fsp3) is 0.348. The number of halogens is 2. The van der Waals surface area contributed by atoms with Crippen molar-refractivity contribution in [3.05, 3.63) is 65.4 Å². The standard InChI is InChI=1S/C23H24F2N2O2/c1-29-17-11-10-15(20(25)12-17)13-27-14-18(22-19(24)8-5-9-21(22)27)23(28)26-16-6-3-2-4-7-16/h5,8-12,14,16H,2-4,6-7,13H2,1H3,(H,26,28). The summed E-state index contributed by atoms with van der Waals surface area (Å²) >= 11 is 0. The molecule has 1 aromatic heterocycles. The van der Waals surface area contributed by atoms with Crippen LogP contribution in [0.5, 0.6) is 5.75 Å². The Balaban J connectivity index is 1.68. The molecule has 1 heterocycles. The largest absolute Gasteiger partial charge is 0.497 e. The third kappa shape index (κ3) is 3.97. The Labute approximate surface area is 168 Å². The molecule has 0 spiro atoms. The van der Waals surface area contributed by atoms with Crippen molar-refractivity contribution in [2.75, 3.05) is 7.11 Å². The predicted octanol–water partition coefficient (Wildman–Crippen LogP) is 5.04. The van der Waals surface area contributed by atoms with Crippen LogP contribution in [0.3, 0.4) is 0 Å². The second-order valence-corrected chi connectivity index (χ2v) is 7.57. The van der Waals surface area contributed by atoms with Crippen LogP contribution in [0, 0.1) is 11.6 Å². The molecule has 0 saturated heterocycles. The van der Waals surface area contributed by atoms with Gasteiger partial charge in [-0.05, 0) is 31.0 Å². The molecule has 3 aromatic rings. The summed E-state index contributed by atoms with van der Waals surface area (Å²) in [5, 5.41) is 3.32. The molecule has 6 heteroatoms. The predicted molar refractivity (Wildman–Crippen MR) is 108 cm³/mol. The summed E-state index contributed by atoms with van der Waals surface area (Å²) in [6, 6.07) is 9.46. The first-order valence-electron chi connectivity index (χ1n) is 9.97. The Kier molecular flexibility index (Phi) is 5.51. The van der Waals surface area contributed by atoms with Crippen LogP contribution in [0.1, 0.15) is 48.0 Å². The molecule has 0 atom stereocenters. The number of benzene rings is 2. The Morgan fingerprint density at radius 1 is 1.14 bits per heavy atom. The van der Waals surface area contributed by atoms with Gasteiger partial charge in [0.05, 0.1) is 24.7 Å². The maximum absolute atomic E-state index is 14.6. The molecule has 2 aromatic carbocycles. The third-order valence-corrected chi connectivity index (χ3v) is 5.64. The smallest absolute Gasteiger partial charge is 0.253 e. The van der Waals surface area contributed by atoms with Gasteiger partial charge in [0.15, 0.2) is 0 Å². The number of carbonyl (C=O) groups is 1. The van der Waals surface area contributed by atoms with Gasteiger partial charge in [0.2, 0.25) is 0 Å². The third-order valence-electron chi connectivity index (χ3n) is 5.64. The molecule has 1 aliphatic rings. The van der Waals surface area contributed by atoms with Crippen LogP contribution < -0.4 is 10.1 Å². The van der Waals surface area contributed by atoms with Gasteiger partial charge in [0.25, 0.3) is 5.91 Å². The molecule has 0 bridgehead atoms. The van der Waals surface area contributed by atoms with E-state index >= 15 is 0 Å². The number of methoxy groups -OCH3 is 1. The van der Waals surface area contributed by atoms with Crippen LogP contribution >= 0.6 is 0 Å². The van der Waals surface area contributed by atoms with E-state index in [1.807, 2.05) is 0 Å². The molecule has 152 valence electrons. The van der Waals surface area contributed by atoms with Gasteiger partial charge in [-0.3, -0.25) is 4.79 Å². The molecule has 1 fully saturated rings. The maximum atomic E-state index is 14.6. The van der Waals surface area contributed by atoms with Gasteiger partial charge < -0.3 is 14.6 Å². The monoisotopic (exact) mass is 398 g/mol. The summed E-state index contributed by atoms with van der Waals surface area (Å²) in [5.41, 5.74) is 1.29. The molecule has 4 rings (SSSR count). The minimum absolute atomic E-state index is 0.125. The second kappa shape index (κ2) is 8.23. The first-order chi connectivity index (χ1) is 14.1. The van der Waals surface area contributed by atoms with E-state index in [0.717, 1.165) is 25.7 Å². The van der Waals surface area contributed by atoms with Gasteiger partial charge >= 0.3 is 0 Å². The molecule has 0 aliphatic heterocycles. The first kappa shape index (κ1) is 19.4. The molecule has 1 saturated carbocycles. The van der Waals surface area contributed by atoms with Gasteiger partial charge in [0.1, 0.15) is 17.4 Å². The zero-order valence-electron chi connectivity index (χ0n) is 16.4. The number of nitrogens with one attached hydrogen (secondary N) is 1. The van der Waals surface area contributed by atoms with Gasteiger partial charge in [-0.25, -0.2) is 8.78 Å². The van der Waals surface area contributed by atoms with E-state index in [2.05, 4.69) is 5.32 Å². The van der Waals surface area contributed by atoms with Crippen molar-refractivity contribution >= 4 is 16.8 Å². The van der Waals surface area contributed by atoms with Crippen LogP contribution in [0.4, 0.5) is 8.78 Å². The van der Waals surface area contributed by atoms with E-state index in [9.17, 15) is 13.6 Å². The minimum Gasteiger partial charge on any atom is -0.497 e.